The molecule has 0 N–H and O–H groups in total. The monoisotopic (exact) mass is 432 g/mol. The molecular formula is C27H36N4O. The molecule has 1 aromatic heterocycles. The van der Waals surface area contributed by atoms with Crippen molar-refractivity contribution in [2.75, 3.05) is 32.7 Å². The van der Waals surface area contributed by atoms with Crippen LogP contribution >= 0.6 is 0 Å². The molecule has 5 nitrogen and oxygen atoms in total. The standard InChI is InChI=1S/C27H36N4O/c1-4-21-10-8-11-22(18-21)15-17-30-16-9-12-23(19-30)20-31(5-2)27(32)26-28-24-13-6-7-14-25(24)29(26)3/h6-8,10-11,13-14,18,23H,4-5,9,12,15-17,19-20H2,1-3H3. The Morgan fingerprint density at radius 3 is 2.72 bits per heavy atom. The summed E-state index contributed by atoms with van der Waals surface area (Å²) in [5.41, 5.74) is 4.73. The van der Waals surface area contributed by atoms with Crippen LogP contribution in [-0.4, -0.2) is 58.0 Å². The van der Waals surface area contributed by atoms with Crippen LogP contribution in [0.2, 0.25) is 0 Å². The molecule has 3 aromatic rings. The fourth-order valence-electron chi connectivity index (χ4n) is 4.94. The smallest absolute Gasteiger partial charge is 0.289 e. The number of amides is 1. The molecule has 5 heteroatoms. The summed E-state index contributed by atoms with van der Waals surface area (Å²) in [7, 11) is 1.94. The number of nitrogens with zero attached hydrogens (tertiary/aromatic N) is 4. The molecule has 0 aliphatic carbocycles. The second-order valence-electron chi connectivity index (χ2n) is 9.06. The van der Waals surface area contributed by atoms with E-state index in [-0.39, 0.29) is 5.91 Å². The Balaban J connectivity index is 1.37. The molecule has 2 aromatic carbocycles. The number of piperidine rings is 1. The van der Waals surface area contributed by atoms with Crippen molar-refractivity contribution >= 4 is 16.9 Å². The van der Waals surface area contributed by atoms with E-state index in [4.69, 9.17) is 0 Å². The predicted octanol–water partition coefficient (Wildman–Crippen LogP) is 4.55. The zero-order valence-corrected chi connectivity index (χ0v) is 19.8. The van der Waals surface area contributed by atoms with Crippen molar-refractivity contribution in [1.29, 1.82) is 0 Å². The third kappa shape index (κ3) is 5.04. The van der Waals surface area contributed by atoms with Gasteiger partial charge in [-0.2, -0.15) is 0 Å². The number of imidazole rings is 1. The van der Waals surface area contributed by atoms with E-state index in [1.165, 1.54) is 24.0 Å². The molecule has 0 saturated carbocycles. The third-order valence-corrected chi connectivity index (χ3v) is 6.85. The molecule has 4 rings (SSSR count). The second-order valence-corrected chi connectivity index (χ2v) is 9.06. The van der Waals surface area contributed by atoms with Gasteiger partial charge < -0.3 is 14.4 Å². The summed E-state index contributed by atoms with van der Waals surface area (Å²) in [5.74, 6) is 1.10. The van der Waals surface area contributed by atoms with Gasteiger partial charge in [0.2, 0.25) is 0 Å². The summed E-state index contributed by atoms with van der Waals surface area (Å²) >= 11 is 0. The second kappa shape index (κ2) is 10.3. The Bertz CT molecular complexity index is 1060. The molecule has 0 bridgehead atoms. The van der Waals surface area contributed by atoms with Crippen LogP contribution in [0.3, 0.4) is 0 Å². The molecule has 1 aliphatic heterocycles. The lowest BCUT2D eigenvalue weighted by Crippen LogP contribution is -2.43. The Hall–Kier alpha value is -2.66. The van der Waals surface area contributed by atoms with Crippen LogP contribution in [0.15, 0.2) is 48.5 Å². The minimum Gasteiger partial charge on any atom is -0.336 e. The number of hydrogen-bond donors (Lipinski definition) is 0. The van der Waals surface area contributed by atoms with E-state index >= 15 is 0 Å². The number of benzene rings is 2. The maximum absolute atomic E-state index is 13.3. The minimum atomic E-state index is 0.0414. The molecule has 1 fully saturated rings. The first-order valence-electron chi connectivity index (χ1n) is 12.1. The van der Waals surface area contributed by atoms with E-state index in [2.05, 4.69) is 48.0 Å². The van der Waals surface area contributed by atoms with E-state index in [0.717, 1.165) is 50.1 Å². The SMILES string of the molecule is CCc1cccc(CCN2CCCC(CN(CC)C(=O)c3nc4ccccc4n3C)C2)c1. The van der Waals surface area contributed by atoms with Gasteiger partial charge in [-0.05, 0) is 68.3 Å². The number of aromatic nitrogens is 2. The number of likely N-dealkylation sites (tertiary alicyclic amines) is 1. The highest BCUT2D eigenvalue weighted by molar-refractivity contribution is 5.94. The lowest BCUT2D eigenvalue weighted by Gasteiger charge is -2.35. The molecule has 1 unspecified atom stereocenters. The highest BCUT2D eigenvalue weighted by Gasteiger charge is 2.26. The van der Waals surface area contributed by atoms with Gasteiger partial charge in [0.25, 0.3) is 5.91 Å². The predicted molar refractivity (Wildman–Crippen MR) is 131 cm³/mol. The minimum absolute atomic E-state index is 0.0414. The first-order chi connectivity index (χ1) is 15.6. The van der Waals surface area contributed by atoms with Gasteiger partial charge in [-0.1, -0.05) is 43.3 Å². The molecule has 2 heterocycles. The number of fused-ring (bicyclic) bond motifs is 1. The highest BCUT2D eigenvalue weighted by atomic mass is 16.2. The third-order valence-electron chi connectivity index (χ3n) is 6.85. The van der Waals surface area contributed by atoms with Gasteiger partial charge in [-0.15, -0.1) is 0 Å². The molecule has 32 heavy (non-hydrogen) atoms. The van der Waals surface area contributed by atoms with Gasteiger partial charge in [0.15, 0.2) is 5.82 Å². The van der Waals surface area contributed by atoms with Crippen LogP contribution in [0, 0.1) is 5.92 Å². The van der Waals surface area contributed by atoms with Gasteiger partial charge in [0, 0.05) is 33.2 Å². The summed E-state index contributed by atoms with van der Waals surface area (Å²) in [6, 6.07) is 16.9. The van der Waals surface area contributed by atoms with Crippen LogP contribution in [-0.2, 0) is 19.9 Å². The van der Waals surface area contributed by atoms with E-state index < -0.39 is 0 Å². The summed E-state index contributed by atoms with van der Waals surface area (Å²) in [5, 5.41) is 0. The topological polar surface area (TPSA) is 41.4 Å². The van der Waals surface area contributed by atoms with Crippen LogP contribution in [0.4, 0.5) is 0 Å². The number of carbonyl (C=O) groups excluding carboxylic acids is 1. The highest BCUT2D eigenvalue weighted by Crippen LogP contribution is 2.21. The lowest BCUT2D eigenvalue weighted by atomic mass is 9.96. The van der Waals surface area contributed by atoms with Crippen molar-refractivity contribution in [2.24, 2.45) is 13.0 Å². The maximum Gasteiger partial charge on any atom is 0.289 e. The van der Waals surface area contributed by atoms with E-state index in [1.54, 1.807) is 0 Å². The van der Waals surface area contributed by atoms with Gasteiger partial charge in [0.1, 0.15) is 0 Å². The molecule has 1 atom stereocenters. The zero-order valence-electron chi connectivity index (χ0n) is 19.8. The molecular weight excluding hydrogens is 396 g/mol. The van der Waals surface area contributed by atoms with E-state index in [9.17, 15) is 4.79 Å². The van der Waals surface area contributed by atoms with Crippen molar-refractivity contribution < 1.29 is 4.79 Å². The van der Waals surface area contributed by atoms with Crippen molar-refractivity contribution in [3.63, 3.8) is 0 Å². The number of rotatable bonds is 8. The molecule has 0 spiro atoms. The first kappa shape index (κ1) is 22.5. The van der Waals surface area contributed by atoms with Crippen LogP contribution < -0.4 is 0 Å². The summed E-state index contributed by atoms with van der Waals surface area (Å²) in [6.07, 6.45) is 4.58. The van der Waals surface area contributed by atoms with Crippen LogP contribution in [0.25, 0.3) is 11.0 Å². The van der Waals surface area contributed by atoms with Crippen molar-refractivity contribution in [3.8, 4) is 0 Å². The van der Waals surface area contributed by atoms with E-state index in [0.29, 0.717) is 18.3 Å². The lowest BCUT2D eigenvalue weighted by molar-refractivity contribution is 0.0676. The maximum atomic E-state index is 13.3. The molecule has 170 valence electrons. The normalized spacial score (nSPS) is 17.0. The van der Waals surface area contributed by atoms with Crippen LogP contribution in [0.1, 0.15) is 48.4 Å². The Kier molecular flexibility index (Phi) is 7.26. The summed E-state index contributed by atoms with van der Waals surface area (Å²) in [4.78, 5) is 22.5. The number of para-hydroxylation sites is 2. The molecule has 1 amide bonds. The van der Waals surface area contributed by atoms with Crippen molar-refractivity contribution in [2.45, 2.75) is 39.5 Å². The van der Waals surface area contributed by atoms with E-state index in [1.807, 2.05) is 40.8 Å². The summed E-state index contributed by atoms with van der Waals surface area (Å²) in [6.45, 7) is 9.12. The Morgan fingerprint density at radius 1 is 1.12 bits per heavy atom. The van der Waals surface area contributed by atoms with Crippen molar-refractivity contribution in [3.05, 3.63) is 65.5 Å². The first-order valence-corrected chi connectivity index (χ1v) is 12.1. The number of carbonyl (C=O) groups is 1. The average Bonchev–Trinajstić information content (AvgIpc) is 3.18. The Labute approximate surface area is 192 Å². The van der Waals surface area contributed by atoms with Gasteiger partial charge in [-0.25, -0.2) is 4.98 Å². The summed E-state index contributed by atoms with van der Waals surface area (Å²) < 4.78 is 1.93. The fraction of sp³-hybridized carbons (Fsp3) is 0.481. The number of hydrogen-bond acceptors (Lipinski definition) is 3. The number of aryl methyl sites for hydroxylation is 2. The van der Waals surface area contributed by atoms with Crippen LogP contribution in [0.5, 0.6) is 0 Å². The largest absolute Gasteiger partial charge is 0.336 e. The Morgan fingerprint density at radius 2 is 1.94 bits per heavy atom. The molecule has 1 aliphatic rings. The van der Waals surface area contributed by atoms with Gasteiger partial charge in [-0.3, -0.25) is 4.79 Å². The fourth-order valence-corrected chi connectivity index (χ4v) is 4.94. The van der Waals surface area contributed by atoms with Gasteiger partial charge in [0.05, 0.1) is 11.0 Å². The molecule has 0 radical (unpaired) electrons. The quantitative estimate of drug-likeness (QED) is 0.524. The molecule has 1 saturated heterocycles. The van der Waals surface area contributed by atoms with Crippen molar-refractivity contribution in [1.82, 2.24) is 19.4 Å². The average molecular weight is 433 g/mol. The zero-order chi connectivity index (χ0) is 22.5. The van der Waals surface area contributed by atoms with Gasteiger partial charge >= 0.3 is 0 Å².